The fourth-order valence-corrected chi connectivity index (χ4v) is 6.30. The first kappa shape index (κ1) is 14.0. The van der Waals surface area contributed by atoms with Crippen LogP contribution in [0.4, 0.5) is 5.69 Å². The average Bonchev–Trinajstić information content (AvgIpc) is 3.16. The molecule has 1 spiro atoms. The lowest BCUT2D eigenvalue weighted by Crippen LogP contribution is -2.29. The lowest BCUT2D eigenvalue weighted by atomic mass is 9.88. The van der Waals surface area contributed by atoms with Crippen LogP contribution < -0.4 is 5.32 Å². The fraction of sp³-hybridized carbons (Fsp3) is 0.227. The van der Waals surface area contributed by atoms with Gasteiger partial charge in [-0.3, -0.25) is 4.99 Å². The third-order valence-corrected chi connectivity index (χ3v) is 7.40. The van der Waals surface area contributed by atoms with E-state index >= 15 is 0 Å². The number of hydrogen-bond donors (Lipinski definition) is 1. The Kier molecular flexibility index (Phi) is 2.74. The Labute approximate surface area is 150 Å². The first-order valence-corrected chi connectivity index (χ1v) is 9.74. The molecule has 25 heavy (non-hydrogen) atoms. The second kappa shape index (κ2) is 4.90. The molecule has 2 aliphatic carbocycles. The Morgan fingerprint density at radius 1 is 1.04 bits per heavy atom. The molecule has 3 heteroatoms. The minimum Gasteiger partial charge on any atom is -0.308 e. The number of nitrogens with zero attached hydrogens (tertiary/aromatic N) is 1. The van der Waals surface area contributed by atoms with Gasteiger partial charge in [0.1, 0.15) is 0 Å². The maximum atomic E-state index is 4.85. The van der Waals surface area contributed by atoms with Crippen molar-refractivity contribution in [3.8, 4) is 0 Å². The Morgan fingerprint density at radius 2 is 1.88 bits per heavy atom. The van der Waals surface area contributed by atoms with E-state index in [0.717, 1.165) is 18.7 Å². The molecule has 0 radical (unpaired) electrons. The van der Waals surface area contributed by atoms with Crippen LogP contribution in [0.1, 0.15) is 16.9 Å². The molecule has 3 atom stereocenters. The van der Waals surface area contributed by atoms with Gasteiger partial charge in [-0.05, 0) is 47.6 Å². The first-order chi connectivity index (χ1) is 12.4. The van der Waals surface area contributed by atoms with Gasteiger partial charge < -0.3 is 5.32 Å². The summed E-state index contributed by atoms with van der Waals surface area (Å²) in [4.78, 5) is 6.45. The number of rotatable bonds is 1. The van der Waals surface area contributed by atoms with E-state index in [2.05, 4.69) is 66.0 Å². The third kappa shape index (κ3) is 1.85. The predicted octanol–water partition coefficient (Wildman–Crippen LogP) is 4.97. The van der Waals surface area contributed by atoms with Crippen LogP contribution in [0.25, 0.3) is 10.1 Å². The van der Waals surface area contributed by atoms with Crippen LogP contribution in [0.2, 0.25) is 0 Å². The van der Waals surface area contributed by atoms with Gasteiger partial charge >= 0.3 is 0 Å². The van der Waals surface area contributed by atoms with Gasteiger partial charge in [-0.15, -0.1) is 11.3 Å². The van der Waals surface area contributed by atoms with Crippen LogP contribution in [0.3, 0.4) is 0 Å². The lowest BCUT2D eigenvalue weighted by Gasteiger charge is -2.22. The predicted molar refractivity (Wildman–Crippen MR) is 105 cm³/mol. The molecule has 1 aromatic heterocycles. The monoisotopic (exact) mass is 342 g/mol. The van der Waals surface area contributed by atoms with Gasteiger partial charge in [-0.1, -0.05) is 42.5 Å². The lowest BCUT2D eigenvalue weighted by molar-refractivity contribution is 0.605. The number of allylic oxidation sites excluding steroid dienone is 1. The average molecular weight is 342 g/mol. The topological polar surface area (TPSA) is 24.4 Å². The summed E-state index contributed by atoms with van der Waals surface area (Å²) in [6, 6.07) is 19.7. The summed E-state index contributed by atoms with van der Waals surface area (Å²) in [5.74, 6) is 0.647. The van der Waals surface area contributed by atoms with Crippen molar-refractivity contribution in [1.82, 2.24) is 5.32 Å². The van der Waals surface area contributed by atoms with E-state index in [-0.39, 0.29) is 5.41 Å². The largest absolute Gasteiger partial charge is 0.308 e. The summed E-state index contributed by atoms with van der Waals surface area (Å²) in [5.41, 5.74) is 4.00. The standard InChI is InChI=1S/C22H18N2S/c1-2-6-14(7-3-1)24-15-10-11-22-18(12-15)20(22)23-13-17-16-8-4-5-9-19(16)25-21(17)22/h1-11,18,20,23H,12-13H2/b24-15+/t18-,20?,22+/m1/s1. The van der Waals surface area contributed by atoms with E-state index in [4.69, 9.17) is 4.99 Å². The molecule has 2 heterocycles. The number of nitrogens with one attached hydrogen (secondary N) is 1. The van der Waals surface area contributed by atoms with Crippen LogP contribution in [-0.2, 0) is 12.0 Å². The molecule has 0 bridgehead atoms. The zero-order valence-electron chi connectivity index (χ0n) is 13.8. The summed E-state index contributed by atoms with van der Waals surface area (Å²) in [6.45, 7) is 1.00. The molecule has 122 valence electrons. The van der Waals surface area contributed by atoms with Crippen LogP contribution in [0.5, 0.6) is 0 Å². The Balaban J connectivity index is 1.44. The van der Waals surface area contributed by atoms with Crippen molar-refractivity contribution < 1.29 is 0 Å². The minimum absolute atomic E-state index is 0.215. The van der Waals surface area contributed by atoms with Gasteiger partial charge in [0.05, 0.1) is 5.69 Å². The summed E-state index contributed by atoms with van der Waals surface area (Å²) in [7, 11) is 0. The number of aliphatic imine (C=N–C) groups is 1. The molecule has 0 amide bonds. The molecule has 1 N–H and O–H groups in total. The molecule has 1 saturated carbocycles. The molecule has 1 aliphatic heterocycles. The van der Waals surface area contributed by atoms with Gasteiger partial charge in [0.25, 0.3) is 0 Å². The summed E-state index contributed by atoms with van der Waals surface area (Å²) in [5, 5.41) is 5.24. The number of thiophene rings is 1. The maximum Gasteiger partial charge on any atom is 0.0632 e. The van der Waals surface area contributed by atoms with Crippen molar-refractivity contribution >= 4 is 32.8 Å². The van der Waals surface area contributed by atoms with E-state index in [1.165, 1.54) is 21.4 Å². The van der Waals surface area contributed by atoms with E-state index in [1.54, 1.807) is 4.88 Å². The molecule has 3 aromatic rings. The maximum absolute atomic E-state index is 4.85. The van der Waals surface area contributed by atoms with Crippen molar-refractivity contribution in [3.05, 3.63) is 77.2 Å². The Morgan fingerprint density at radius 3 is 2.80 bits per heavy atom. The van der Waals surface area contributed by atoms with E-state index in [1.807, 2.05) is 17.4 Å². The molecule has 2 aromatic carbocycles. The van der Waals surface area contributed by atoms with Gasteiger partial charge in [0, 0.05) is 33.3 Å². The summed E-state index contributed by atoms with van der Waals surface area (Å²) < 4.78 is 1.42. The normalized spacial score (nSPS) is 30.8. The highest BCUT2D eigenvalue weighted by Gasteiger charge is 2.67. The highest BCUT2D eigenvalue weighted by atomic mass is 32.1. The number of para-hydroxylation sites is 1. The molecule has 1 unspecified atom stereocenters. The fourth-order valence-electron chi connectivity index (χ4n) is 4.81. The zero-order valence-corrected chi connectivity index (χ0v) is 14.6. The van der Waals surface area contributed by atoms with Gasteiger partial charge in [0.15, 0.2) is 0 Å². The van der Waals surface area contributed by atoms with Gasteiger partial charge in [-0.2, -0.15) is 0 Å². The number of fused-ring (bicyclic) bond motifs is 4. The Bertz CT molecular complexity index is 1050. The molecule has 3 aliphatic rings. The van der Waals surface area contributed by atoms with Crippen molar-refractivity contribution in [1.29, 1.82) is 0 Å². The van der Waals surface area contributed by atoms with Crippen LogP contribution >= 0.6 is 11.3 Å². The Hall–Kier alpha value is -2.23. The van der Waals surface area contributed by atoms with E-state index in [0.29, 0.717) is 12.0 Å². The summed E-state index contributed by atoms with van der Waals surface area (Å²) in [6.07, 6.45) is 5.77. The van der Waals surface area contributed by atoms with Crippen LogP contribution in [-0.4, -0.2) is 11.8 Å². The van der Waals surface area contributed by atoms with Crippen molar-refractivity contribution in [2.45, 2.75) is 24.4 Å². The van der Waals surface area contributed by atoms with Crippen LogP contribution in [0, 0.1) is 5.92 Å². The second-order valence-electron chi connectivity index (χ2n) is 7.28. The minimum atomic E-state index is 0.215. The van der Waals surface area contributed by atoms with Crippen molar-refractivity contribution in [2.24, 2.45) is 10.9 Å². The smallest absolute Gasteiger partial charge is 0.0632 e. The second-order valence-corrected chi connectivity index (χ2v) is 8.33. The molecule has 6 rings (SSSR count). The summed E-state index contributed by atoms with van der Waals surface area (Å²) >= 11 is 2.00. The number of benzene rings is 2. The molecular formula is C22H18N2S. The third-order valence-electron chi connectivity index (χ3n) is 6.02. The first-order valence-electron chi connectivity index (χ1n) is 8.92. The van der Waals surface area contributed by atoms with Crippen molar-refractivity contribution in [2.75, 3.05) is 0 Å². The molecule has 2 nitrogen and oxygen atoms in total. The molecule has 0 saturated heterocycles. The number of hydrogen-bond acceptors (Lipinski definition) is 3. The molecular weight excluding hydrogens is 324 g/mol. The molecule has 1 fully saturated rings. The van der Waals surface area contributed by atoms with Gasteiger partial charge in [0.2, 0.25) is 0 Å². The zero-order chi connectivity index (χ0) is 16.4. The van der Waals surface area contributed by atoms with Gasteiger partial charge in [-0.25, -0.2) is 0 Å². The van der Waals surface area contributed by atoms with Crippen LogP contribution in [0.15, 0.2) is 71.7 Å². The highest BCUT2D eigenvalue weighted by Crippen LogP contribution is 2.64. The van der Waals surface area contributed by atoms with E-state index < -0.39 is 0 Å². The SMILES string of the molecule is C1=C[C@@]23c4sc5ccccc5c4CNC2[C@H]3C/C1=N/c1ccccc1. The van der Waals surface area contributed by atoms with E-state index in [9.17, 15) is 0 Å². The highest BCUT2D eigenvalue weighted by molar-refractivity contribution is 7.19. The van der Waals surface area contributed by atoms with Crippen molar-refractivity contribution in [3.63, 3.8) is 0 Å². The quantitative estimate of drug-likeness (QED) is 0.663.